The molecule has 4 rings (SSSR count). The van der Waals surface area contributed by atoms with Crippen LogP contribution >= 0.6 is 11.6 Å². The third-order valence-corrected chi connectivity index (χ3v) is 6.86. The summed E-state index contributed by atoms with van der Waals surface area (Å²) in [5.74, 6) is -3.83. The fourth-order valence-electron chi connectivity index (χ4n) is 4.54. The molecular weight excluding hydrogens is 462 g/mol. The van der Waals surface area contributed by atoms with Crippen molar-refractivity contribution in [3.05, 3.63) is 64.2 Å². The average molecular weight is 487 g/mol. The molecule has 1 N–H and O–H groups in total. The number of carbonyl (C=O) groups is 2. The number of benzene rings is 2. The molecule has 1 aliphatic heterocycles. The van der Waals surface area contributed by atoms with Gasteiger partial charge in [0.1, 0.15) is 0 Å². The quantitative estimate of drug-likeness (QED) is 0.673. The second-order valence-electron chi connectivity index (χ2n) is 9.00. The summed E-state index contributed by atoms with van der Waals surface area (Å²) < 4.78 is 26.3. The van der Waals surface area contributed by atoms with Crippen LogP contribution in [0.1, 0.15) is 41.3 Å². The highest BCUT2D eigenvalue weighted by Crippen LogP contribution is 2.43. The summed E-state index contributed by atoms with van der Waals surface area (Å²) in [6, 6.07) is 13.7. The maximum absolute atomic E-state index is 13.2. The second-order valence-corrected chi connectivity index (χ2v) is 9.38. The van der Waals surface area contributed by atoms with E-state index in [1.165, 1.54) is 6.07 Å². The van der Waals surface area contributed by atoms with Crippen molar-refractivity contribution in [1.82, 2.24) is 9.80 Å². The molecule has 0 aromatic heterocycles. The Morgan fingerprint density at radius 1 is 1.21 bits per heavy atom. The van der Waals surface area contributed by atoms with Gasteiger partial charge in [-0.2, -0.15) is 5.26 Å². The molecule has 0 unspecified atom stereocenters. The summed E-state index contributed by atoms with van der Waals surface area (Å²) in [4.78, 5) is 29.1. The van der Waals surface area contributed by atoms with E-state index in [-0.39, 0.29) is 30.7 Å². The minimum Gasteiger partial charge on any atom is -0.337 e. The first kappa shape index (κ1) is 24.1. The zero-order valence-corrected chi connectivity index (χ0v) is 19.5. The number of carbonyl (C=O) groups excluding carboxylic acids is 2. The van der Waals surface area contributed by atoms with Crippen LogP contribution in [0, 0.1) is 17.2 Å². The van der Waals surface area contributed by atoms with Crippen molar-refractivity contribution in [2.45, 2.75) is 38.3 Å². The number of alkyl halides is 2. The Bertz CT molecular complexity index is 1140. The van der Waals surface area contributed by atoms with Gasteiger partial charge in [-0.3, -0.25) is 14.5 Å². The highest BCUT2D eigenvalue weighted by molar-refractivity contribution is 6.34. The van der Waals surface area contributed by atoms with Crippen LogP contribution in [-0.4, -0.2) is 53.2 Å². The number of amides is 2. The van der Waals surface area contributed by atoms with E-state index in [0.29, 0.717) is 48.0 Å². The van der Waals surface area contributed by atoms with Gasteiger partial charge < -0.3 is 10.2 Å². The summed E-state index contributed by atoms with van der Waals surface area (Å²) in [6.07, 6.45) is -0.707. The first-order valence-corrected chi connectivity index (χ1v) is 11.5. The molecule has 9 heteroatoms. The van der Waals surface area contributed by atoms with Crippen molar-refractivity contribution < 1.29 is 18.4 Å². The van der Waals surface area contributed by atoms with E-state index in [1.54, 1.807) is 29.2 Å². The maximum Gasteiger partial charge on any atom is 0.255 e. The molecule has 0 spiro atoms. The Labute approximate surface area is 202 Å². The van der Waals surface area contributed by atoms with Crippen LogP contribution in [0.5, 0.6) is 0 Å². The molecule has 2 aromatic carbocycles. The van der Waals surface area contributed by atoms with E-state index in [0.717, 1.165) is 5.56 Å². The number of nitrogens with one attached hydrogen (secondary N) is 1. The standard InChI is InChI=1S/C25H25ClF2N4O2/c1-16-14-31(8-9-32(16)24(34)20-11-25(27,28)12-20)15-19-6-3-7-21(22(19)26)30-23(33)18-5-2-4-17(10-18)13-29/h2-7,10,16,20H,8-9,11-12,14-15H2,1H3,(H,30,33)/t16-/m0/s1. The molecule has 2 aromatic rings. The summed E-state index contributed by atoms with van der Waals surface area (Å²) in [7, 11) is 0. The van der Waals surface area contributed by atoms with Gasteiger partial charge in [-0.05, 0) is 36.8 Å². The summed E-state index contributed by atoms with van der Waals surface area (Å²) in [5.41, 5.74) is 2.06. The van der Waals surface area contributed by atoms with Gasteiger partial charge in [0, 0.05) is 56.5 Å². The number of hydrogen-bond acceptors (Lipinski definition) is 4. The SMILES string of the molecule is C[C@H]1CN(Cc2cccc(NC(=O)c3cccc(C#N)c3)c2Cl)CCN1C(=O)C1CC(F)(F)C1. The number of piperazine rings is 1. The van der Waals surface area contributed by atoms with Gasteiger partial charge in [0.25, 0.3) is 5.91 Å². The maximum atomic E-state index is 13.2. The van der Waals surface area contributed by atoms with E-state index in [1.807, 2.05) is 25.1 Å². The average Bonchev–Trinajstić information content (AvgIpc) is 2.79. The minimum absolute atomic E-state index is 0.0930. The van der Waals surface area contributed by atoms with Crippen LogP contribution in [0.3, 0.4) is 0 Å². The van der Waals surface area contributed by atoms with Crippen molar-refractivity contribution in [2.24, 2.45) is 5.92 Å². The number of nitrogens with zero attached hydrogens (tertiary/aromatic N) is 3. The Balaban J connectivity index is 1.37. The van der Waals surface area contributed by atoms with Gasteiger partial charge in [0.05, 0.1) is 22.3 Å². The topological polar surface area (TPSA) is 76.4 Å². The van der Waals surface area contributed by atoms with Crippen LogP contribution in [0.4, 0.5) is 14.5 Å². The van der Waals surface area contributed by atoms with Crippen LogP contribution in [0.2, 0.25) is 5.02 Å². The molecule has 0 bridgehead atoms. The summed E-state index contributed by atoms with van der Waals surface area (Å²) >= 11 is 6.60. The fourth-order valence-corrected chi connectivity index (χ4v) is 4.77. The van der Waals surface area contributed by atoms with Gasteiger partial charge in [-0.25, -0.2) is 8.78 Å². The van der Waals surface area contributed by atoms with Crippen molar-refractivity contribution >= 4 is 29.1 Å². The van der Waals surface area contributed by atoms with Gasteiger partial charge in [-0.15, -0.1) is 0 Å². The Kier molecular flexibility index (Phi) is 6.87. The lowest BCUT2D eigenvalue weighted by Gasteiger charge is -2.44. The smallest absolute Gasteiger partial charge is 0.255 e. The Hall–Kier alpha value is -3.02. The van der Waals surface area contributed by atoms with Crippen molar-refractivity contribution in [1.29, 1.82) is 5.26 Å². The third-order valence-electron chi connectivity index (χ3n) is 6.41. The zero-order chi connectivity index (χ0) is 24.5. The van der Waals surface area contributed by atoms with Gasteiger partial charge in [-0.1, -0.05) is 29.8 Å². The highest BCUT2D eigenvalue weighted by Gasteiger charge is 2.50. The van der Waals surface area contributed by atoms with Crippen LogP contribution in [-0.2, 0) is 11.3 Å². The lowest BCUT2D eigenvalue weighted by Crippen LogP contribution is -2.57. The van der Waals surface area contributed by atoms with Crippen molar-refractivity contribution in [2.75, 3.05) is 25.0 Å². The fraction of sp³-hybridized carbons (Fsp3) is 0.400. The van der Waals surface area contributed by atoms with E-state index >= 15 is 0 Å². The molecule has 34 heavy (non-hydrogen) atoms. The number of halogens is 3. The monoisotopic (exact) mass is 486 g/mol. The molecule has 2 fully saturated rings. The van der Waals surface area contributed by atoms with Gasteiger partial charge in [0.2, 0.25) is 11.8 Å². The molecule has 2 amide bonds. The molecule has 0 radical (unpaired) electrons. The molecule has 1 heterocycles. The normalized spacial score (nSPS) is 20.3. The lowest BCUT2D eigenvalue weighted by atomic mass is 9.80. The van der Waals surface area contributed by atoms with Crippen LogP contribution < -0.4 is 5.32 Å². The molecule has 1 saturated heterocycles. The second kappa shape index (κ2) is 9.69. The van der Waals surface area contributed by atoms with Crippen LogP contribution in [0.25, 0.3) is 0 Å². The predicted molar refractivity (Wildman–Crippen MR) is 125 cm³/mol. The van der Waals surface area contributed by atoms with Crippen molar-refractivity contribution in [3.63, 3.8) is 0 Å². The van der Waals surface area contributed by atoms with E-state index in [4.69, 9.17) is 16.9 Å². The molecule has 2 aliphatic rings. The number of nitriles is 1. The molecule has 1 atom stereocenters. The van der Waals surface area contributed by atoms with Crippen LogP contribution in [0.15, 0.2) is 42.5 Å². The first-order chi connectivity index (χ1) is 16.2. The number of rotatable bonds is 5. The summed E-state index contributed by atoms with van der Waals surface area (Å²) in [5, 5.41) is 12.3. The highest BCUT2D eigenvalue weighted by atomic mass is 35.5. The zero-order valence-electron chi connectivity index (χ0n) is 18.7. The van der Waals surface area contributed by atoms with E-state index in [9.17, 15) is 18.4 Å². The van der Waals surface area contributed by atoms with E-state index in [2.05, 4.69) is 10.2 Å². The largest absolute Gasteiger partial charge is 0.337 e. The Morgan fingerprint density at radius 2 is 1.94 bits per heavy atom. The first-order valence-electron chi connectivity index (χ1n) is 11.2. The van der Waals surface area contributed by atoms with Crippen molar-refractivity contribution in [3.8, 4) is 6.07 Å². The van der Waals surface area contributed by atoms with E-state index < -0.39 is 11.8 Å². The lowest BCUT2D eigenvalue weighted by molar-refractivity contribution is -0.163. The predicted octanol–water partition coefficient (Wildman–Crippen LogP) is 4.54. The number of anilines is 1. The molecule has 178 valence electrons. The number of hydrogen-bond donors (Lipinski definition) is 1. The molecule has 1 saturated carbocycles. The van der Waals surface area contributed by atoms with Gasteiger partial charge in [0.15, 0.2) is 0 Å². The minimum atomic E-state index is -2.71. The Morgan fingerprint density at radius 3 is 2.62 bits per heavy atom. The van der Waals surface area contributed by atoms with Gasteiger partial charge >= 0.3 is 0 Å². The molecular formula is C25H25ClF2N4O2. The molecule has 6 nitrogen and oxygen atoms in total. The molecule has 1 aliphatic carbocycles. The summed E-state index contributed by atoms with van der Waals surface area (Å²) in [6.45, 7) is 4.13. The third kappa shape index (κ3) is 5.21.